The molecular formula is C19H14O. The van der Waals surface area contributed by atoms with Crippen molar-refractivity contribution in [2.45, 2.75) is 0 Å². The van der Waals surface area contributed by atoms with Gasteiger partial charge in [-0.05, 0) is 23.8 Å². The van der Waals surface area contributed by atoms with Crippen molar-refractivity contribution in [3.63, 3.8) is 0 Å². The molecule has 2 aromatic carbocycles. The van der Waals surface area contributed by atoms with Gasteiger partial charge >= 0.3 is 0 Å². The summed E-state index contributed by atoms with van der Waals surface area (Å²) in [5.41, 5.74) is 2.54. The van der Waals surface area contributed by atoms with Gasteiger partial charge < -0.3 is 0 Å². The molecule has 0 fully saturated rings. The van der Waals surface area contributed by atoms with E-state index in [1.165, 1.54) is 0 Å². The van der Waals surface area contributed by atoms with Crippen molar-refractivity contribution in [3.8, 4) is 11.8 Å². The maximum absolute atomic E-state index is 11.0. The Morgan fingerprint density at radius 2 is 1.55 bits per heavy atom. The SMILES string of the molecule is O=CC(/C=C/c1ccccc1)=C/C#Cc1ccccc1. The van der Waals surface area contributed by atoms with Crippen molar-refractivity contribution in [3.05, 3.63) is 89.5 Å². The summed E-state index contributed by atoms with van der Waals surface area (Å²) >= 11 is 0. The lowest BCUT2D eigenvalue weighted by Crippen LogP contribution is -1.78. The van der Waals surface area contributed by atoms with Crippen LogP contribution in [0.2, 0.25) is 0 Å². The lowest BCUT2D eigenvalue weighted by molar-refractivity contribution is -0.104. The zero-order chi connectivity index (χ0) is 14.0. The highest BCUT2D eigenvalue weighted by molar-refractivity contribution is 5.81. The number of benzene rings is 2. The number of hydrogen-bond donors (Lipinski definition) is 0. The van der Waals surface area contributed by atoms with E-state index >= 15 is 0 Å². The molecule has 96 valence electrons. The quantitative estimate of drug-likeness (QED) is 0.353. The first kappa shape index (κ1) is 13.6. The van der Waals surface area contributed by atoms with Gasteiger partial charge in [-0.25, -0.2) is 0 Å². The minimum absolute atomic E-state index is 0.553. The predicted octanol–water partition coefficient (Wildman–Crippen LogP) is 3.88. The van der Waals surface area contributed by atoms with E-state index in [0.29, 0.717) is 5.57 Å². The molecule has 0 N–H and O–H groups in total. The average molecular weight is 258 g/mol. The smallest absolute Gasteiger partial charge is 0.150 e. The molecule has 2 aromatic rings. The van der Waals surface area contributed by atoms with Gasteiger partial charge in [-0.15, -0.1) is 0 Å². The van der Waals surface area contributed by atoms with Crippen molar-refractivity contribution in [1.29, 1.82) is 0 Å². The van der Waals surface area contributed by atoms with Crippen LogP contribution in [0, 0.1) is 11.8 Å². The van der Waals surface area contributed by atoms with Crippen molar-refractivity contribution in [2.24, 2.45) is 0 Å². The lowest BCUT2D eigenvalue weighted by atomic mass is 10.1. The molecule has 0 saturated carbocycles. The van der Waals surface area contributed by atoms with E-state index in [0.717, 1.165) is 17.4 Å². The van der Waals surface area contributed by atoms with Crippen LogP contribution in [0.1, 0.15) is 11.1 Å². The minimum Gasteiger partial charge on any atom is -0.298 e. The Balaban J connectivity index is 2.09. The third-order valence-electron chi connectivity index (χ3n) is 2.63. The van der Waals surface area contributed by atoms with Crippen molar-refractivity contribution in [2.75, 3.05) is 0 Å². The Labute approximate surface area is 119 Å². The molecule has 0 amide bonds. The fourth-order valence-corrected chi connectivity index (χ4v) is 1.60. The first-order valence-electron chi connectivity index (χ1n) is 6.33. The van der Waals surface area contributed by atoms with Crippen LogP contribution in [0.4, 0.5) is 0 Å². The summed E-state index contributed by atoms with van der Waals surface area (Å²) in [6, 6.07) is 19.5. The summed E-state index contributed by atoms with van der Waals surface area (Å²) in [5, 5.41) is 0. The summed E-state index contributed by atoms with van der Waals surface area (Å²) in [4.78, 5) is 11.0. The first-order chi connectivity index (χ1) is 9.88. The molecule has 0 unspecified atom stereocenters. The van der Waals surface area contributed by atoms with E-state index in [-0.39, 0.29) is 0 Å². The van der Waals surface area contributed by atoms with Crippen molar-refractivity contribution >= 4 is 12.4 Å². The fraction of sp³-hybridized carbons (Fsp3) is 0. The molecular weight excluding hydrogens is 244 g/mol. The average Bonchev–Trinajstić information content (AvgIpc) is 2.52. The molecule has 1 heteroatoms. The van der Waals surface area contributed by atoms with Crippen LogP contribution in [0.15, 0.2) is 78.4 Å². The monoisotopic (exact) mass is 258 g/mol. The molecule has 0 aromatic heterocycles. The van der Waals surface area contributed by atoms with Crippen LogP contribution in [-0.2, 0) is 4.79 Å². The van der Waals surface area contributed by atoms with Crippen LogP contribution >= 0.6 is 0 Å². The Kier molecular flexibility index (Phi) is 5.13. The van der Waals surface area contributed by atoms with Gasteiger partial charge in [0.25, 0.3) is 0 Å². The third kappa shape index (κ3) is 4.44. The van der Waals surface area contributed by atoms with Crippen molar-refractivity contribution < 1.29 is 4.79 Å². The molecule has 0 heterocycles. The van der Waals surface area contributed by atoms with E-state index < -0.39 is 0 Å². The molecule has 20 heavy (non-hydrogen) atoms. The number of aldehydes is 1. The summed E-state index contributed by atoms with van der Waals surface area (Å²) < 4.78 is 0. The zero-order valence-corrected chi connectivity index (χ0v) is 11.0. The Morgan fingerprint density at radius 3 is 2.20 bits per heavy atom. The summed E-state index contributed by atoms with van der Waals surface area (Å²) in [6.07, 6.45) is 6.09. The summed E-state index contributed by atoms with van der Waals surface area (Å²) in [7, 11) is 0. The molecule has 1 nitrogen and oxygen atoms in total. The van der Waals surface area contributed by atoms with Gasteiger partial charge in [0, 0.05) is 11.1 Å². The number of rotatable bonds is 3. The first-order valence-corrected chi connectivity index (χ1v) is 6.33. The van der Waals surface area contributed by atoms with E-state index in [4.69, 9.17) is 0 Å². The molecule has 0 saturated heterocycles. The predicted molar refractivity (Wildman–Crippen MR) is 82.9 cm³/mol. The van der Waals surface area contributed by atoms with Gasteiger partial charge in [0.2, 0.25) is 0 Å². The highest BCUT2D eigenvalue weighted by Gasteiger charge is 1.88. The molecule has 0 aliphatic rings. The molecule has 0 aliphatic carbocycles. The lowest BCUT2D eigenvalue weighted by Gasteiger charge is -1.91. The molecule has 2 rings (SSSR count). The molecule has 0 aliphatic heterocycles. The zero-order valence-electron chi connectivity index (χ0n) is 11.0. The second-order valence-electron chi connectivity index (χ2n) is 4.14. The minimum atomic E-state index is 0.553. The Bertz CT molecular complexity index is 668. The van der Waals surface area contributed by atoms with Gasteiger partial charge in [0.05, 0.1) is 0 Å². The number of hydrogen-bond acceptors (Lipinski definition) is 1. The van der Waals surface area contributed by atoms with Crippen LogP contribution in [0.25, 0.3) is 6.08 Å². The highest BCUT2D eigenvalue weighted by Crippen LogP contribution is 2.03. The Morgan fingerprint density at radius 1 is 0.900 bits per heavy atom. The number of carbonyl (C=O) groups excluding carboxylic acids is 1. The van der Waals surface area contributed by atoms with Crippen LogP contribution in [0.5, 0.6) is 0 Å². The normalized spacial score (nSPS) is 10.9. The molecule has 0 radical (unpaired) electrons. The highest BCUT2D eigenvalue weighted by atomic mass is 16.1. The van der Waals surface area contributed by atoms with Gasteiger partial charge in [-0.1, -0.05) is 72.5 Å². The van der Waals surface area contributed by atoms with Crippen LogP contribution < -0.4 is 0 Å². The van der Waals surface area contributed by atoms with Crippen LogP contribution in [0.3, 0.4) is 0 Å². The van der Waals surface area contributed by atoms with Gasteiger partial charge in [-0.2, -0.15) is 0 Å². The summed E-state index contributed by atoms with van der Waals surface area (Å²) in [5.74, 6) is 5.88. The van der Waals surface area contributed by atoms with Gasteiger partial charge in [-0.3, -0.25) is 4.79 Å². The van der Waals surface area contributed by atoms with E-state index in [1.807, 2.05) is 66.7 Å². The van der Waals surface area contributed by atoms with Gasteiger partial charge in [0.15, 0.2) is 6.29 Å². The van der Waals surface area contributed by atoms with E-state index in [9.17, 15) is 4.79 Å². The maximum atomic E-state index is 11.0. The molecule has 0 atom stereocenters. The number of allylic oxidation sites excluding steroid dienone is 3. The largest absolute Gasteiger partial charge is 0.298 e. The third-order valence-corrected chi connectivity index (χ3v) is 2.63. The van der Waals surface area contributed by atoms with Crippen molar-refractivity contribution in [1.82, 2.24) is 0 Å². The molecule has 0 bridgehead atoms. The standard InChI is InChI=1S/C19H14O/c20-16-19(15-14-18-10-5-2-6-11-18)13-7-12-17-8-3-1-4-9-17/h1-6,8-11,13-16H/b15-14+,19-13+. The van der Waals surface area contributed by atoms with E-state index in [2.05, 4.69) is 11.8 Å². The molecule has 0 spiro atoms. The second kappa shape index (κ2) is 7.56. The summed E-state index contributed by atoms with van der Waals surface area (Å²) in [6.45, 7) is 0. The number of carbonyl (C=O) groups is 1. The Hall–Kier alpha value is -2.85. The topological polar surface area (TPSA) is 17.1 Å². The second-order valence-corrected chi connectivity index (χ2v) is 4.14. The van der Waals surface area contributed by atoms with Crippen LogP contribution in [-0.4, -0.2) is 6.29 Å². The van der Waals surface area contributed by atoms with E-state index in [1.54, 1.807) is 12.2 Å². The maximum Gasteiger partial charge on any atom is 0.150 e. The fourth-order valence-electron chi connectivity index (χ4n) is 1.60. The van der Waals surface area contributed by atoms with Gasteiger partial charge in [0.1, 0.15) is 0 Å².